The van der Waals surface area contributed by atoms with E-state index in [9.17, 15) is 14.4 Å². The van der Waals surface area contributed by atoms with Crippen LogP contribution in [0.3, 0.4) is 0 Å². The van der Waals surface area contributed by atoms with Crippen molar-refractivity contribution in [3.05, 3.63) is 89.4 Å². The molecule has 29 heavy (non-hydrogen) atoms. The molecule has 2 N–H and O–H groups in total. The van der Waals surface area contributed by atoms with Crippen molar-refractivity contribution in [2.75, 3.05) is 12.4 Å². The van der Waals surface area contributed by atoms with E-state index in [-0.39, 0.29) is 36.1 Å². The van der Waals surface area contributed by atoms with E-state index in [0.717, 1.165) is 5.56 Å². The van der Waals surface area contributed by atoms with Crippen molar-refractivity contribution in [3.63, 3.8) is 0 Å². The topological polar surface area (TPSA) is 97.6 Å². The van der Waals surface area contributed by atoms with Crippen LogP contribution in [0.5, 0.6) is 0 Å². The highest BCUT2D eigenvalue weighted by atomic mass is 16.5. The number of rotatable bonds is 7. The molecule has 7 heteroatoms. The van der Waals surface area contributed by atoms with Crippen LogP contribution in [0.15, 0.2) is 71.3 Å². The van der Waals surface area contributed by atoms with Gasteiger partial charge in [0.1, 0.15) is 0 Å². The molecule has 0 saturated heterocycles. The summed E-state index contributed by atoms with van der Waals surface area (Å²) in [7, 11) is 1.28. The van der Waals surface area contributed by atoms with Gasteiger partial charge in [0, 0.05) is 12.2 Å². The van der Waals surface area contributed by atoms with Gasteiger partial charge in [-0.15, -0.1) is 0 Å². The van der Waals surface area contributed by atoms with Crippen molar-refractivity contribution < 1.29 is 23.5 Å². The lowest BCUT2D eigenvalue weighted by Gasteiger charge is -2.11. The first-order chi connectivity index (χ1) is 14.0. The van der Waals surface area contributed by atoms with Crippen molar-refractivity contribution in [3.8, 4) is 0 Å². The smallest absolute Gasteiger partial charge is 0.337 e. The average molecular weight is 392 g/mol. The maximum Gasteiger partial charge on any atom is 0.337 e. The molecule has 0 atom stereocenters. The Kier molecular flexibility index (Phi) is 6.42. The zero-order chi connectivity index (χ0) is 20.6. The predicted molar refractivity (Wildman–Crippen MR) is 106 cm³/mol. The van der Waals surface area contributed by atoms with Crippen LogP contribution in [0.1, 0.15) is 32.0 Å². The highest BCUT2D eigenvalue weighted by Crippen LogP contribution is 2.17. The molecule has 0 aliphatic rings. The number of carbonyl (C=O) groups is 3. The van der Waals surface area contributed by atoms with Crippen LogP contribution in [0, 0.1) is 0 Å². The molecule has 0 bridgehead atoms. The van der Waals surface area contributed by atoms with E-state index < -0.39 is 5.97 Å². The summed E-state index contributed by atoms with van der Waals surface area (Å²) in [6, 6.07) is 17.3. The lowest BCUT2D eigenvalue weighted by atomic mass is 10.1. The van der Waals surface area contributed by atoms with Gasteiger partial charge >= 0.3 is 5.97 Å². The number of ether oxygens (including phenoxy) is 1. The monoisotopic (exact) mass is 392 g/mol. The summed E-state index contributed by atoms with van der Waals surface area (Å²) in [4.78, 5) is 36.4. The van der Waals surface area contributed by atoms with Crippen LogP contribution in [0.4, 0.5) is 5.69 Å². The SMILES string of the molecule is COC(=O)c1cc(CNC(=O)c2ccco2)cc(NC(=O)Cc2ccccc2)c1. The van der Waals surface area contributed by atoms with Crippen LogP contribution in [0.2, 0.25) is 0 Å². The first kappa shape index (κ1) is 19.9. The van der Waals surface area contributed by atoms with E-state index >= 15 is 0 Å². The molecule has 0 aliphatic heterocycles. The molecule has 0 radical (unpaired) electrons. The number of amides is 2. The lowest BCUT2D eigenvalue weighted by Crippen LogP contribution is -2.22. The number of furan rings is 1. The molecular weight excluding hydrogens is 372 g/mol. The zero-order valence-electron chi connectivity index (χ0n) is 15.8. The Balaban J connectivity index is 1.73. The Hall–Kier alpha value is -3.87. The van der Waals surface area contributed by atoms with Crippen molar-refractivity contribution in [2.24, 2.45) is 0 Å². The molecule has 148 valence electrons. The average Bonchev–Trinajstić information content (AvgIpc) is 3.27. The summed E-state index contributed by atoms with van der Waals surface area (Å²) in [5.41, 5.74) is 2.21. The highest BCUT2D eigenvalue weighted by Gasteiger charge is 2.13. The fourth-order valence-electron chi connectivity index (χ4n) is 2.77. The van der Waals surface area contributed by atoms with Crippen molar-refractivity contribution in [1.29, 1.82) is 0 Å². The molecule has 0 unspecified atom stereocenters. The number of hydrogen-bond acceptors (Lipinski definition) is 5. The number of hydrogen-bond donors (Lipinski definition) is 2. The number of benzene rings is 2. The first-order valence-electron chi connectivity index (χ1n) is 8.93. The molecule has 0 aliphatic carbocycles. The van der Waals surface area contributed by atoms with Gasteiger partial charge in [0.25, 0.3) is 5.91 Å². The number of methoxy groups -OCH3 is 1. The van der Waals surface area contributed by atoms with Crippen molar-refractivity contribution in [1.82, 2.24) is 5.32 Å². The molecule has 0 spiro atoms. The van der Waals surface area contributed by atoms with Gasteiger partial charge in [-0.05, 0) is 41.5 Å². The van der Waals surface area contributed by atoms with Crippen LogP contribution < -0.4 is 10.6 Å². The van der Waals surface area contributed by atoms with Gasteiger partial charge in [-0.3, -0.25) is 9.59 Å². The van der Waals surface area contributed by atoms with Crippen molar-refractivity contribution >= 4 is 23.5 Å². The largest absolute Gasteiger partial charge is 0.465 e. The second-order valence-corrected chi connectivity index (χ2v) is 6.28. The van der Waals surface area contributed by atoms with Crippen LogP contribution in [0.25, 0.3) is 0 Å². The molecule has 2 amide bonds. The minimum Gasteiger partial charge on any atom is -0.465 e. The number of esters is 1. The Morgan fingerprint density at radius 1 is 0.966 bits per heavy atom. The lowest BCUT2D eigenvalue weighted by molar-refractivity contribution is -0.115. The molecule has 3 rings (SSSR count). The minimum atomic E-state index is -0.539. The molecular formula is C22H20N2O5. The Morgan fingerprint density at radius 3 is 2.45 bits per heavy atom. The van der Waals surface area contributed by atoms with Gasteiger partial charge in [-0.1, -0.05) is 30.3 Å². The normalized spacial score (nSPS) is 10.2. The summed E-state index contributed by atoms with van der Waals surface area (Å²) >= 11 is 0. The standard InChI is InChI=1S/C22H20N2O5/c1-28-22(27)17-10-16(14-23-21(26)19-8-5-9-29-19)11-18(13-17)24-20(25)12-15-6-3-2-4-7-15/h2-11,13H,12,14H2,1H3,(H,23,26)(H,24,25). The third-order valence-electron chi connectivity index (χ3n) is 4.10. The number of nitrogens with one attached hydrogen (secondary N) is 2. The number of anilines is 1. The van der Waals surface area contributed by atoms with E-state index in [1.807, 2.05) is 30.3 Å². The maximum absolute atomic E-state index is 12.4. The summed E-state index contributed by atoms with van der Waals surface area (Å²) in [5.74, 6) is -0.954. The number of carbonyl (C=O) groups excluding carboxylic acids is 3. The Bertz CT molecular complexity index is 997. The fourth-order valence-corrected chi connectivity index (χ4v) is 2.77. The third kappa shape index (κ3) is 5.55. The Morgan fingerprint density at radius 2 is 1.76 bits per heavy atom. The molecule has 0 saturated carbocycles. The summed E-state index contributed by atoms with van der Waals surface area (Å²) in [5, 5.41) is 5.50. The highest BCUT2D eigenvalue weighted by molar-refractivity contribution is 5.96. The van der Waals surface area contributed by atoms with E-state index in [1.54, 1.807) is 24.3 Å². The summed E-state index contributed by atoms with van der Waals surface area (Å²) in [6.07, 6.45) is 1.61. The fraction of sp³-hybridized carbons (Fsp3) is 0.136. The summed E-state index contributed by atoms with van der Waals surface area (Å²) in [6.45, 7) is 0.145. The molecule has 3 aromatic rings. The van der Waals surface area contributed by atoms with E-state index in [1.165, 1.54) is 19.4 Å². The second-order valence-electron chi connectivity index (χ2n) is 6.28. The third-order valence-corrected chi connectivity index (χ3v) is 4.10. The predicted octanol–water partition coefficient (Wildman–Crippen LogP) is 3.18. The summed E-state index contributed by atoms with van der Waals surface area (Å²) < 4.78 is 9.83. The van der Waals surface area contributed by atoms with Crippen LogP contribution in [-0.4, -0.2) is 24.9 Å². The second kappa shape index (κ2) is 9.36. The van der Waals surface area contributed by atoms with Crippen LogP contribution >= 0.6 is 0 Å². The van der Waals surface area contributed by atoms with Gasteiger partial charge in [-0.2, -0.15) is 0 Å². The maximum atomic E-state index is 12.4. The Labute approximate surface area is 167 Å². The van der Waals surface area contributed by atoms with Gasteiger partial charge < -0.3 is 19.8 Å². The molecule has 7 nitrogen and oxygen atoms in total. The van der Waals surface area contributed by atoms with Crippen LogP contribution in [-0.2, 0) is 22.5 Å². The van der Waals surface area contributed by atoms with Gasteiger partial charge in [0.2, 0.25) is 5.91 Å². The quantitative estimate of drug-likeness (QED) is 0.602. The van der Waals surface area contributed by atoms with E-state index in [0.29, 0.717) is 11.3 Å². The molecule has 0 fully saturated rings. The van der Waals surface area contributed by atoms with E-state index in [2.05, 4.69) is 10.6 Å². The molecule has 1 heterocycles. The zero-order valence-corrected chi connectivity index (χ0v) is 15.8. The van der Waals surface area contributed by atoms with Gasteiger partial charge in [-0.25, -0.2) is 4.79 Å². The molecule has 1 aromatic heterocycles. The van der Waals surface area contributed by atoms with Crippen molar-refractivity contribution in [2.45, 2.75) is 13.0 Å². The minimum absolute atomic E-state index is 0.145. The first-order valence-corrected chi connectivity index (χ1v) is 8.93. The van der Waals surface area contributed by atoms with E-state index in [4.69, 9.17) is 9.15 Å². The molecule has 2 aromatic carbocycles. The van der Waals surface area contributed by atoms with Gasteiger partial charge in [0.15, 0.2) is 5.76 Å². The van der Waals surface area contributed by atoms with Gasteiger partial charge in [0.05, 0.1) is 25.4 Å².